The van der Waals surface area contributed by atoms with E-state index in [0.717, 1.165) is 38.9 Å². The second-order valence-electron chi connectivity index (χ2n) is 8.11. The number of rotatable bonds is 4. The number of fused-ring (bicyclic) bond motifs is 3. The minimum Gasteiger partial charge on any atom is -0.509 e. The van der Waals surface area contributed by atoms with Gasteiger partial charge in [-0.2, -0.15) is 17.2 Å². The van der Waals surface area contributed by atoms with Crippen LogP contribution in [0.15, 0.2) is 79.0 Å². The molecule has 0 saturated carbocycles. The predicted octanol–water partition coefficient (Wildman–Crippen LogP) is 6.51. The number of aromatic nitrogens is 4. The summed E-state index contributed by atoms with van der Waals surface area (Å²) in [6.45, 7) is 3.96. The molecule has 174 valence electrons. The van der Waals surface area contributed by atoms with Gasteiger partial charge in [0.25, 0.3) is 0 Å². The van der Waals surface area contributed by atoms with Gasteiger partial charge in [-0.05, 0) is 43.1 Å². The normalized spacial score (nSPS) is 11.1. The number of ether oxygens (including phenoxy) is 1. The third kappa shape index (κ3) is 4.15. The maximum atomic E-state index is 14.0. The average Bonchev–Trinajstić information content (AvgIpc) is 3.35. The van der Waals surface area contributed by atoms with Crippen LogP contribution in [0.4, 0.5) is 4.39 Å². The quantitative estimate of drug-likeness (QED) is 0.206. The summed E-state index contributed by atoms with van der Waals surface area (Å²) < 4.78 is 23.9. The van der Waals surface area contributed by atoms with Crippen LogP contribution >= 0.6 is 0 Å². The first-order valence-electron chi connectivity index (χ1n) is 10.9. The number of halogens is 1. The molecule has 6 rings (SSSR count). The Balaban J connectivity index is 0.00000253. The summed E-state index contributed by atoms with van der Waals surface area (Å²) in [6, 6.07) is 28.9. The minimum absolute atomic E-state index is 0. The van der Waals surface area contributed by atoms with E-state index in [1.54, 1.807) is 0 Å². The van der Waals surface area contributed by atoms with Gasteiger partial charge in [0.2, 0.25) is 0 Å². The molecule has 0 aliphatic carbocycles. The van der Waals surface area contributed by atoms with Gasteiger partial charge in [-0.15, -0.1) is 35.7 Å². The van der Waals surface area contributed by atoms with Crippen molar-refractivity contribution in [1.82, 2.24) is 19.3 Å². The smallest absolute Gasteiger partial charge is 0.509 e. The Kier molecular flexibility index (Phi) is 5.99. The van der Waals surface area contributed by atoms with Crippen LogP contribution in [-0.2, 0) is 21.1 Å². The fourth-order valence-corrected chi connectivity index (χ4v) is 4.30. The first-order chi connectivity index (χ1) is 16.6. The zero-order chi connectivity index (χ0) is 23.2. The molecular weight excluding hydrogens is 622 g/mol. The standard InChI is InChI=1S/C28H19FN4O.Pt/c1-18-14-19(2)33(31-18)21-6-5-7-22(16-21)34-23-10-11-25-24-8-3-4-9-26(24)32(27(25)17-23)28-15-20(29)12-13-30-28;/h3-15H,1-2H3;/q-2;+2. The molecule has 0 fully saturated rings. The Morgan fingerprint density at radius 2 is 1.69 bits per heavy atom. The summed E-state index contributed by atoms with van der Waals surface area (Å²) in [6.07, 6.45) is 1.46. The molecule has 0 atom stereocenters. The SMILES string of the molecule is Cc1cc(C)n(-c2[c-]c(Oc3[c-]c4c(cc3)c3ccccc3n4-c3cc(F)ccn3)ccc2)n1.[Pt+2]. The van der Waals surface area contributed by atoms with Gasteiger partial charge in [0.05, 0.1) is 5.69 Å². The summed E-state index contributed by atoms with van der Waals surface area (Å²) in [5.41, 5.74) is 4.43. The topological polar surface area (TPSA) is 44.9 Å². The Hall–Kier alpha value is -3.76. The van der Waals surface area contributed by atoms with Crippen molar-refractivity contribution in [2.75, 3.05) is 0 Å². The Morgan fingerprint density at radius 3 is 2.49 bits per heavy atom. The summed E-state index contributed by atoms with van der Waals surface area (Å²) in [5, 5.41) is 6.54. The molecule has 0 bridgehead atoms. The van der Waals surface area contributed by atoms with Crippen molar-refractivity contribution in [3.8, 4) is 23.0 Å². The van der Waals surface area contributed by atoms with Gasteiger partial charge in [0.1, 0.15) is 11.6 Å². The van der Waals surface area contributed by atoms with E-state index >= 15 is 0 Å². The van der Waals surface area contributed by atoms with Crippen molar-refractivity contribution in [2.45, 2.75) is 13.8 Å². The van der Waals surface area contributed by atoms with E-state index in [9.17, 15) is 4.39 Å². The van der Waals surface area contributed by atoms with E-state index < -0.39 is 0 Å². The fraction of sp³-hybridized carbons (Fsp3) is 0.0714. The van der Waals surface area contributed by atoms with Crippen LogP contribution in [0.25, 0.3) is 33.3 Å². The number of para-hydroxylation sites is 1. The maximum absolute atomic E-state index is 14.0. The molecule has 0 amide bonds. The van der Waals surface area contributed by atoms with Crippen molar-refractivity contribution >= 4 is 21.8 Å². The van der Waals surface area contributed by atoms with E-state index in [2.05, 4.69) is 22.2 Å². The second-order valence-corrected chi connectivity index (χ2v) is 8.11. The zero-order valence-electron chi connectivity index (χ0n) is 18.9. The van der Waals surface area contributed by atoms with Crippen LogP contribution < -0.4 is 4.74 Å². The number of pyridine rings is 1. The molecule has 3 aromatic carbocycles. The van der Waals surface area contributed by atoms with Crippen LogP contribution in [0, 0.1) is 31.8 Å². The molecule has 0 spiro atoms. The molecule has 5 nitrogen and oxygen atoms in total. The molecule has 0 aliphatic heterocycles. The van der Waals surface area contributed by atoms with Crippen LogP contribution in [0.5, 0.6) is 11.5 Å². The van der Waals surface area contributed by atoms with Gasteiger partial charge < -0.3 is 9.30 Å². The van der Waals surface area contributed by atoms with Crippen LogP contribution in [0.2, 0.25) is 0 Å². The van der Waals surface area contributed by atoms with Gasteiger partial charge in [-0.3, -0.25) is 4.68 Å². The number of benzene rings is 3. The molecule has 3 heterocycles. The van der Waals surface area contributed by atoms with Gasteiger partial charge in [-0.1, -0.05) is 23.7 Å². The molecular formula is C28H19FN4OPt. The molecule has 0 saturated heterocycles. The first kappa shape index (κ1) is 23.0. The number of nitrogens with zero attached hydrogens (tertiary/aromatic N) is 4. The van der Waals surface area contributed by atoms with E-state index in [1.165, 1.54) is 18.3 Å². The maximum Gasteiger partial charge on any atom is 2.00 e. The fourth-order valence-electron chi connectivity index (χ4n) is 4.30. The van der Waals surface area contributed by atoms with Crippen molar-refractivity contribution in [1.29, 1.82) is 0 Å². The molecule has 0 N–H and O–H groups in total. The van der Waals surface area contributed by atoms with Crippen LogP contribution in [0.3, 0.4) is 0 Å². The molecule has 0 unspecified atom stereocenters. The molecule has 0 aliphatic rings. The van der Waals surface area contributed by atoms with Crippen molar-refractivity contribution in [3.05, 3.63) is 108 Å². The molecule has 35 heavy (non-hydrogen) atoms. The van der Waals surface area contributed by atoms with Gasteiger partial charge in [-0.25, -0.2) is 9.37 Å². The van der Waals surface area contributed by atoms with Crippen LogP contribution in [-0.4, -0.2) is 19.3 Å². The summed E-state index contributed by atoms with van der Waals surface area (Å²) >= 11 is 0. The van der Waals surface area contributed by atoms with E-state index in [-0.39, 0.29) is 26.9 Å². The minimum atomic E-state index is -0.348. The average molecular weight is 642 g/mol. The Morgan fingerprint density at radius 1 is 0.857 bits per heavy atom. The van der Waals surface area contributed by atoms with Crippen molar-refractivity contribution < 1.29 is 30.2 Å². The largest absolute Gasteiger partial charge is 2.00 e. The number of aryl methyl sites for hydroxylation is 2. The molecule has 3 aromatic heterocycles. The molecule has 7 heteroatoms. The number of hydrogen-bond donors (Lipinski definition) is 0. The zero-order valence-corrected chi connectivity index (χ0v) is 21.2. The molecule has 6 aromatic rings. The summed E-state index contributed by atoms with van der Waals surface area (Å²) in [7, 11) is 0. The summed E-state index contributed by atoms with van der Waals surface area (Å²) in [4.78, 5) is 4.40. The number of hydrogen-bond acceptors (Lipinski definition) is 3. The van der Waals surface area contributed by atoms with Gasteiger partial charge >= 0.3 is 21.1 Å². The first-order valence-corrected chi connectivity index (χ1v) is 10.9. The van der Waals surface area contributed by atoms with Crippen molar-refractivity contribution in [3.63, 3.8) is 0 Å². The Bertz CT molecular complexity index is 1690. The third-order valence-electron chi connectivity index (χ3n) is 5.70. The third-order valence-corrected chi connectivity index (χ3v) is 5.70. The van der Waals surface area contributed by atoms with Crippen molar-refractivity contribution in [2.24, 2.45) is 0 Å². The molecule has 0 radical (unpaired) electrons. The predicted molar refractivity (Wildman–Crippen MR) is 129 cm³/mol. The second kappa shape index (κ2) is 9.12. The van der Waals surface area contributed by atoms with E-state index in [4.69, 9.17) is 4.74 Å². The van der Waals surface area contributed by atoms with Gasteiger partial charge in [0.15, 0.2) is 0 Å². The van der Waals surface area contributed by atoms with E-state index in [1.807, 2.05) is 83.8 Å². The monoisotopic (exact) mass is 641 g/mol. The van der Waals surface area contributed by atoms with E-state index in [0.29, 0.717) is 17.3 Å². The Labute approximate surface area is 216 Å². The summed E-state index contributed by atoms with van der Waals surface area (Å²) in [5.74, 6) is 1.21. The van der Waals surface area contributed by atoms with Gasteiger partial charge in [0, 0.05) is 35.0 Å². The van der Waals surface area contributed by atoms with Crippen LogP contribution in [0.1, 0.15) is 11.4 Å².